The van der Waals surface area contributed by atoms with Crippen LogP contribution in [0.3, 0.4) is 0 Å². The number of aryl methyl sites for hydroxylation is 1. The van der Waals surface area contributed by atoms with E-state index in [0.717, 1.165) is 58.5 Å². The predicted octanol–water partition coefficient (Wildman–Crippen LogP) is 7.05. The highest BCUT2D eigenvalue weighted by atomic mass is 16.6. The van der Waals surface area contributed by atoms with Crippen LogP contribution in [0.1, 0.15) is 69.2 Å². The predicted molar refractivity (Wildman–Crippen MR) is 154 cm³/mol. The average Bonchev–Trinajstić information content (AvgIpc) is 3.22. The number of aromatic nitrogens is 2. The van der Waals surface area contributed by atoms with E-state index in [1.807, 2.05) is 57.2 Å². The zero-order valence-corrected chi connectivity index (χ0v) is 23.0. The fourth-order valence-electron chi connectivity index (χ4n) is 4.43. The van der Waals surface area contributed by atoms with Crippen LogP contribution < -0.4 is 5.32 Å². The largest absolute Gasteiger partial charge is 0.456 e. The molecule has 0 aliphatic heterocycles. The molecule has 3 aromatic carbocycles. The Labute approximate surface area is 225 Å². The number of nitrogens with zero attached hydrogens (tertiary/aromatic N) is 2. The highest BCUT2D eigenvalue weighted by Gasteiger charge is 2.20. The zero-order chi connectivity index (χ0) is 27.3. The number of Topliss-reactive ketones (excluding diaryl/α,β-unsaturated/α-hetero) is 1. The number of ether oxygens (including phenoxy) is 1. The first kappa shape index (κ1) is 27.1. The van der Waals surface area contributed by atoms with Crippen molar-refractivity contribution in [2.75, 3.05) is 11.9 Å². The monoisotopic (exact) mass is 511 g/mol. The van der Waals surface area contributed by atoms with Crippen molar-refractivity contribution in [1.82, 2.24) is 9.55 Å². The van der Waals surface area contributed by atoms with Gasteiger partial charge in [0.15, 0.2) is 0 Å². The van der Waals surface area contributed by atoms with Crippen LogP contribution in [-0.4, -0.2) is 33.4 Å². The molecule has 1 heterocycles. The van der Waals surface area contributed by atoms with Crippen LogP contribution in [0, 0.1) is 0 Å². The molecule has 198 valence electrons. The van der Waals surface area contributed by atoms with Gasteiger partial charge in [-0.25, -0.2) is 9.78 Å². The summed E-state index contributed by atoms with van der Waals surface area (Å²) < 4.78 is 7.90. The molecule has 0 saturated carbocycles. The molecule has 6 nitrogen and oxygen atoms in total. The van der Waals surface area contributed by atoms with Crippen molar-refractivity contribution in [3.05, 3.63) is 83.7 Å². The number of rotatable bonds is 10. The number of carbonyl (C=O) groups is 2. The lowest BCUT2D eigenvalue weighted by Crippen LogP contribution is -2.24. The second kappa shape index (κ2) is 11.6. The average molecular weight is 512 g/mol. The molecular formula is C32H37N3O3. The topological polar surface area (TPSA) is 73.2 Å². The third-order valence-corrected chi connectivity index (χ3v) is 6.27. The minimum Gasteiger partial charge on any atom is -0.456 e. The van der Waals surface area contributed by atoms with E-state index in [0.29, 0.717) is 18.7 Å². The number of anilines is 1. The van der Waals surface area contributed by atoms with Crippen LogP contribution in [0.4, 0.5) is 5.69 Å². The molecule has 1 N–H and O–H groups in total. The molecule has 1 aromatic heterocycles. The molecule has 6 heteroatoms. The highest BCUT2D eigenvalue weighted by molar-refractivity contribution is 5.97. The number of fused-ring (bicyclic) bond motifs is 1. The Morgan fingerprint density at radius 3 is 2.42 bits per heavy atom. The Hall–Kier alpha value is -3.93. The quantitative estimate of drug-likeness (QED) is 0.231. The Morgan fingerprint density at radius 1 is 1.00 bits per heavy atom. The standard InChI is InChI=1S/C32H37N3O3/c1-6-7-12-30-34-28-18-17-25(33-20-22(2)36)19-29(28)35(30)21-23-13-15-24(16-14-23)26-10-8-9-11-27(26)31(37)38-32(3,4)5/h8-11,13-19,33H,6-7,12,20-21H2,1-5H3. The molecule has 0 atom stereocenters. The smallest absolute Gasteiger partial charge is 0.339 e. The summed E-state index contributed by atoms with van der Waals surface area (Å²) in [6.07, 6.45) is 3.07. The van der Waals surface area contributed by atoms with Gasteiger partial charge in [0.2, 0.25) is 0 Å². The van der Waals surface area contributed by atoms with Crippen molar-refractivity contribution in [2.24, 2.45) is 0 Å². The number of hydrogen-bond donors (Lipinski definition) is 1. The van der Waals surface area contributed by atoms with Crippen molar-refractivity contribution < 1.29 is 14.3 Å². The van der Waals surface area contributed by atoms with Crippen molar-refractivity contribution >= 4 is 28.5 Å². The van der Waals surface area contributed by atoms with E-state index in [-0.39, 0.29) is 11.8 Å². The summed E-state index contributed by atoms with van der Waals surface area (Å²) in [6.45, 7) is 10.4. The van der Waals surface area contributed by atoms with Gasteiger partial charge in [-0.15, -0.1) is 0 Å². The number of nitrogens with one attached hydrogen (secondary N) is 1. The lowest BCUT2D eigenvalue weighted by atomic mass is 9.98. The fourth-order valence-corrected chi connectivity index (χ4v) is 4.43. The van der Waals surface area contributed by atoms with E-state index in [2.05, 4.69) is 47.1 Å². The van der Waals surface area contributed by atoms with Crippen LogP contribution in [0.15, 0.2) is 66.7 Å². The number of carbonyl (C=O) groups excluding carboxylic acids is 2. The van der Waals surface area contributed by atoms with Gasteiger partial charge in [0.1, 0.15) is 17.2 Å². The maximum Gasteiger partial charge on any atom is 0.339 e. The fraction of sp³-hybridized carbons (Fsp3) is 0.344. The Balaban J connectivity index is 1.64. The molecule has 0 aliphatic rings. The van der Waals surface area contributed by atoms with Gasteiger partial charge >= 0.3 is 5.97 Å². The van der Waals surface area contributed by atoms with Gasteiger partial charge in [-0.3, -0.25) is 4.79 Å². The Kier molecular flexibility index (Phi) is 8.30. The number of hydrogen-bond acceptors (Lipinski definition) is 5. The highest BCUT2D eigenvalue weighted by Crippen LogP contribution is 2.28. The molecule has 0 amide bonds. The van der Waals surface area contributed by atoms with Crippen molar-refractivity contribution in [3.63, 3.8) is 0 Å². The van der Waals surface area contributed by atoms with Crippen LogP contribution in [-0.2, 0) is 22.5 Å². The summed E-state index contributed by atoms with van der Waals surface area (Å²) in [6, 6.07) is 22.0. The van der Waals surface area contributed by atoms with Gasteiger partial charge in [-0.1, -0.05) is 55.8 Å². The zero-order valence-electron chi connectivity index (χ0n) is 23.0. The molecule has 0 fully saturated rings. The third kappa shape index (κ3) is 6.68. The van der Waals surface area contributed by atoms with Crippen LogP contribution in [0.25, 0.3) is 22.2 Å². The summed E-state index contributed by atoms with van der Waals surface area (Å²) in [5.74, 6) is 0.831. The van der Waals surface area contributed by atoms with Crippen LogP contribution >= 0.6 is 0 Å². The first-order chi connectivity index (χ1) is 18.1. The minimum atomic E-state index is -0.557. The van der Waals surface area contributed by atoms with Crippen molar-refractivity contribution in [1.29, 1.82) is 0 Å². The number of ketones is 1. The number of imidazole rings is 1. The molecule has 0 spiro atoms. The second-order valence-corrected chi connectivity index (χ2v) is 10.7. The van der Waals surface area contributed by atoms with E-state index in [1.54, 1.807) is 6.92 Å². The molecule has 0 radical (unpaired) electrons. The first-order valence-corrected chi connectivity index (χ1v) is 13.3. The second-order valence-electron chi connectivity index (χ2n) is 10.7. The van der Waals surface area contributed by atoms with Gasteiger partial charge in [-0.05, 0) is 75.1 Å². The summed E-state index contributed by atoms with van der Waals surface area (Å²) in [5.41, 5.74) is 5.87. The lowest BCUT2D eigenvalue weighted by Gasteiger charge is -2.20. The molecule has 4 aromatic rings. The van der Waals surface area contributed by atoms with Gasteiger partial charge in [0, 0.05) is 18.7 Å². The molecular weight excluding hydrogens is 474 g/mol. The maximum absolute atomic E-state index is 12.8. The van der Waals surface area contributed by atoms with E-state index in [1.165, 1.54) is 0 Å². The van der Waals surface area contributed by atoms with Gasteiger partial charge < -0.3 is 14.6 Å². The van der Waals surface area contributed by atoms with Gasteiger partial charge in [0.05, 0.1) is 23.1 Å². The molecule has 0 saturated heterocycles. The Morgan fingerprint density at radius 2 is 1.74 bits per heavy atom. The first-order valence-electron chi connectivity index (χ1n) is 13.3. The number of esters is 1. The number of unbranched alkanes of at least 4 members (excludes halogenated alkanes) is 1. The number of benzene rings is 3. The molecule has 38 heavy (non-hydrogen) atoms. The summed E-state index contributed by atoms with van der Waals surface area (Å²) >= 11 is 0. The van der Waals surface area contributed by atoms with Crippen LogP contribution in [0.5, 0.6) is 0 Å². The van der Waals surface area contributed by atoms with E-state index in [9.17, 15) is 9.59 Å². The van der Waals surface area contributed by atoms with Gasteiger partial charge in [-0.2, -0.15) is 0 Å². The normalized spacial score (nSPS) is 11.5. The van der Waals surface area contributed by atoms with Crippen molar-refractivity contribution in [3.8, 4) is 11.1 Å². The summed E-state index contributed by atoms with van der Waals surface area (Å²) in [7, 11) is 0. The third-order valence-electron chi connectivity index (χ3n) is 6.27. The molecule has 0 aliphatic carbocycles. The van der Waals surface area contributed by atoms with E-state index >= 15 is 0 Å². The van der Waals surface area contributed by atoms with E-state index in [4.69, 9.17) is 9.72 Å². The van der Waals surface area contributed by atoms with E-state index < -0.39 is 5.60 Å². The minimum absolute atomic E-state index is 0.0931. The van der Waals surface area contributed by atoms with Gasteiger partial charge in [0.25, 0.3) is 0 Å². The SMILES string of the molecule is CCCCc1nc2ccc(NCC(C)=O)cc2n1Cc1ccc(-c2ccccc2C(=O)OC(C)(C)C)cc1. The lowest BCUT2D eigenvalue weighted by molar-refractivity contribution is -0.115. The molecule has 4 rings (SSSR count). The molecule has 0 bridgehead atoms. The summed E-state index contributed by atoms with van der Waals surface area (Å²) in [4.78, 5) is 29.2. The Bertz CT molecular complexity index is 1430. The van der Waals surface area contributed by atoms with Crippen molar-refractivity contribution in [2.45, 2.75) is 66.0 Å². The summed E-state index contributed by atoms with van der Waals surface area (Å²) in [5, 5.41) is 3.21. The van der Waals surface area contributed by atoms with Crippen LogP contribution in [0.2, 0.25) is 0 Å². The molecule has 0 unspecified atom stereocenters. The maximum atomic E-state index is 12.8.